The van der Waals surface area contributed by atoms with Crippen LogP contribution in [-0.4, -0.2) is 40.3 Å². The number of hydrogen-bond acceptors (Lipinski definition) is 6. The normalized spacial score (nSPS) is 19.9. The summed E-state index contributed by atoms with van der Waals surface area (Å²) in [6.07, 6.45) is 3.90. The van der Waals surface area contributed by atoms with Gasteiger partial charge in [-0.1, -0.05) is 30.0 Å². The minimum absolute atomic E-state index is 0.0539. The van der Waals surface area contributed by atoms with Crippen LogP contribution in [0.5, 0.6) is 5.75 Å². The molecule has 0 bridgehead atoms. The third-order valence-corrected chi connectivity index (χ3v) is 6.20. The van der Waals surface area contributed by atoms with Gasteiger partial charge in [-0.2, -0.15) is 5.26 Å². The van der Waals surface area contributed by atoms with Crippen molar-refractivity contribution in [3.8, 4) is 11.8 Å². The number of methoxy groups -OCH3 is 1. The average molecular weight is 392 g/mol. The number of rotatable bonds is 4. The topological polar surface area (TPSA) is 69.5 Å². The number of carbonyl (C=O) groups is 1. The smallest absolute Gasteiger partial charge is 0.229 e. The molecular weight excluding hydrogens is 372 g/mol. The highest BCUT2D eigenvalue weighted by atomic mass is 32.2. The molecule has 0 aliphatic carbocycles. The Balaban J connectivity index is 1.58. The van der Waals surface area contributed by atoms with Crippen LogP contribution in [0.3, 0.4) is 0 Å². The van der Waals surface area contributed by atoms with Gasteiger partial charge in [0.2, 0.25) is 5.91 Å². The summed E-state index contributed by atoms with van der Waals surface area (Å²) in [6, 6.07) is 13.9. The maximum absolute atomic E-state index is 12.9. The van der Waals surface area contributed by atoms with E-state index in [1.165, 1.54) is 0 Å². The summed E-state index contributed by atoms with van der Waals surface area (Å²) in [5.74, 6) is 1.34. The Labute approximate surface area is 168 Å². The Morgan fingerprint density at radius 1 is 1.32 bits per heavy atom. The van der Waals surface area contributed by atoms with Crippen molar-refractivity contribution in [1.82, 2.24) is 14.8 Å². The minimum Gasteiger partial charge on any atom is -0.497 e. The zero-order chi connectivity index (χ0) is 19.5. The summed E-state index contributed by atoms with van der Waals surface area (Å²) >= 11 is 1.56. The van der Waals surface area contributed by atoms with Gasteiger partial charge in [0.1, 0.15) is 5.75 Å². The Bertz CT molecular complexity index is 937. The summed E-state index contributed by atoms with van der Waals surface area (Å²) in [5, 5.41) is 10.6. The molecule has 1 unspecified atom stereocenters. The Hall–Kier alpha value is -2.82. The van der Waals surface area contributed by atoms with Gasteiger partial charge in [0.15, 0.2) is 0 Å². The summed E-state index contributed by atoms with van der Waals surface area (Å²) in [7, 11) is 1.62. The molecular formula is C21H20N4O2S. The van der Waals surface area contributed by atoms with Crippen molar-refractivity contribution in [2.75, 3.05) is 19.7 Å². The number of carbonyl (C=O) groups excluding carboxylic acids is 1. The fraction of sp³-hybridized carbons (Fsp3) is 0.286. The second kappa shape index (κ2) is 8.05. The molecule has 0 saturated carbocycles. The lowest BCUT2D eigenvalue weighted by Gasteiger charge is -2.41. The quantitative estimate of drug-likeness (QED) is 0.795. The van der Waals surface area contributed by atoms with Gasteiger partial charge in [-0.15, -0.1) is 0 Å². The maximum atomic E-state index is 12.9. The van der Waals surface area contributed by atoms with Crippen molar-refractivity contribution < 1.29 is 9.53 Å². The van der Waals surface area contributed by atoms with E-state index in [2.05, 4.69) is 16.0 Å². The highest BCUT2D eigenvalue weighted by molar-refractivity contribution is 8.03. The molecule has 2 aromatic rings. The van der Waals surface area contributed by atoms with Gasteiger partial charge in [-0.3, -0.25) is 19.6 Å². The fourth-order valence-corrected chi connectivity index (χ4v) is 4.72. The van der Waals surface area contributed by atoms with E-state index >= 15 is 0 Å². The van der Waals surface area contributed by atoms with E-state index in [9.17, 15) is 10.1 Å². The molecule has 0 radical (unpaired) electrons. The molecule has 2 aliphatic rings. The van der Waals surface area contributed by atoms with Gasteiger partial charge in [0.25, 0.3) is 0 Å². The first-order valence-corrected chi connectivity index (χ1v) is 10.0. The molecule has 28 heavy (non-hydrogen) atoms. The lowest BCUT2D eigenvalue weighted by molar-refractivity contribution is -0.131. The molecule has 3 heterocycles. The van der Waals surface area contributed by atoms with Crippen LogP contribution in [0.4, 0.5) is 0 Å². The van der Waals surface area contributed by atoms with Gasteiger partial charge in [0, 0.05) is 31.3 Å². The number of benzene rings is 1. The van der Waals surface area contributed by atoms with E-state index in [1.54, 1.807) is 30.0 Å². The molecule has 1 fully saturated rings. The molecule has 2 aliphatic heterocycles. The maximum Gasteiger partial charge on any atom is 0.229 e. The molecule has 7 heteroatoms. The first kappa shape index (κ1) is 18.5. The van der Waals surface area contributed by atoms with Crippen LogP contribution < -0.4 is 4.74 Å². The number of nitrogens with zero attached hydrogens (tertiary/aromatic N) is 4. The molecule has 0 N–H and O–H groups in total. The number of fused-ring (bicyclic) bond motifs is 1. The van der Waals surface area contributed by atoms with E-state index in [4.69, 9.17) is 4.74 Å². The molecule has 1 atom stereocenters. The largest absolute Gasteiger partial charge is 0.497 e. The Morgan fingerprint density at radius 2 is 2.14 bits per heavy atom. The summed E-state index contributed by atoms with van der Waals surface area (Å²) in [5.41, 5.74) is 2.75. The van der Waals surface area contributed by atoms with Gasteiger partial charge in [-0.25, -0.2) is 0 Å². The second-order valence-electron chi connectivity index (χ2n) is 6.79. The summed E-state index contributed by atoms with van der Waals surface area (Å²) in [6.45, 7) is 1.22. The second-order valence-corrected chi connectivity index (χ2v) is 7.72. The van der Waals surface area contributed by atoms with Crippen molar-refractivity contribution in [1.29, 1.82) is 5.26 Å². The summed E-state index contributed by atoms with van der Waals surface area (Å²) < 4.78 is 5.21. The Morgan fingerprint density at radius 3 is 2.82 bits per heavy atom. The minimum atomic E-state index is -0.202. The van der Waals surface area contributed by atoms with Crippen LogP contribution in [0.2, 0.25) is 0 Å². The number of nitriles is 1. The third kappa shape index (κ3) is 3.61. The van der Waals surface area contributed by atoms with Crippen LogP contribution in [0.15, 0.2) is 59.4 Å². The molecule has 1 aromatic carbocycles. The number of amides is 1. The van der Waals surface area contributed by atoms with Gasteiger partial charge >= 0.3 is 0 Å². The number of pyridine rings is 1. The van der Waals surface area contributed by atoms with Crippen LogP contribution in [0.1, 0.15) is 23.5 Å². The number of ether oxygens (including phenoxy) is 1. The van der Waals surface area contributed by atoms with E-state index in [0.29, 0.717) is 18.7 Å². The van der Waals surface area contributed by atoms with E-state index in [-0.39, 0.29) is 11.8 Å². The summed E-state index contributed by atoms with van der Waals surface area (Å²) in [4.78, 5) is 21.0. The standard InChI is InChI=1S/C21H20N4O2S/c1-27-17-6-4-16(5-7-17)18-9-20(26)25-13-24(12-15-3-2-8-23-11-15)14-28-21(25)19(18)10-22/h2-8,11,18H,9,12-14H2,1H3. The van der Waals surface area contributed by atoms with Gasteiger partial charge < -0.3 is 4.74 Å². The van der Waals surface area contributed by atoms with E-state index < -0.39 is 0 Å². The number of thioether (sulfide) groups is 1. The fourth-order valence-electron chi connectivity index (χ4n) is 3.58. The lowest BCUT2D eigenvalue weighted by Crippen LogP contribution is -2.46. The molecule has 1 aromatic heterocycles. The van der Waals surface area contributed by atoms with Crippen molar-refractivity contribution in [3.05, 3.63) is 70.5 Å². The van der Waals surface area contributed by atoms with Crippen molar-refractivity contribution in [2.45, 2.75) is 18.9 Å². The van der Waals surface area contributed by atoms with Crippen LogP contribution in [-0.2, 0) is 11.3 Å². The SMILES string of the molecule is COc1ccc(C2CC(=O)N3CN(Cc4cccnc4)CSC3=C2C#N)cc1. The molecule has 1 amide bonds. The van der Waals surface area contributed by atoms with Crippen molar-refractivity contribution >= 4 is 17.7 Å². The van der Waals surface area contributed by atoms with Crippen LogP contribution in [0.25, 0.3) is 0 Å². The third-order valence-electron chi connectivity index (χ3n) is 5.00. The van der Waals surface area contributed by atoms with Gasteiger partial charge in [0.05, 0.1) is 36.3 Å². The number of aromatic nitrogens is 1. The van der Waals surface area contributed by atoms with Crippen LogP contribution >= 0.6 is 11.8 Å². The monoisotopic (exact) mass is 392 g/mol. The van der Waals surface area contributed by atoms with Crippen LogP contribution in [0, 0.1) is 11.3 Å². The molecule has 4 rings (SSSR count). The molecule has 1 saturated heterocycles. The number of hydrogen-bond donors (Lipinski definition) is 0. The van der Waals surface area contributed by atoms with Crippen molar-refractivity contribution in [2.24, 2.45) is 0 Å². The lowest BCUT2D eigenvalue weighted by atomic mass is 9.86. The van der Waals surface area contributed by atoms with Crippen molar-refractivity contribution in [3.63, 3.8) is 0 Å². The molecule has 142 valence electrons. The van der Waals surface area contributed by atoms with E-state index in [1.807, 2.05) is 42.6 Å². The zero-order valence-electron chi connectivity index (χ0n) is 15.5. The first-order valence-electron chi connectivity index (χ1n) is 9.02. The predicted octanol–water partition coefficient (Wildman–Crippen LogP) is 3.31. The van der Waals surface area contributed by atoms with E-state index in [0.717, 1.165) is 34.3 Å². The highest BCUT2D eigenvalue weighted by Gasteiger charge is 2.38. The van der Waals surface area contributed by atoms with Gasteiger partial charge in [-0.05, 0) is 29.3 Å². The predicted molar refractivity (Wildman–Crippen MR) is 107 cm³/mol. The Kier molecular flexibility index (Phi) is 5.33. The average Bonchev–Trinajstić information content (AvgIpc) is 2.75. The molecule has 0 spiro atoms. The first-order chi connectivity index (χ1) is 13.7. The molecule has 6 nitrogen and oxygen atoms in total. The number of allylic oxidation sites excluding steroid dienone is 1. The zero-order valence-corrected chi connectivity index (χ0v) is 16.4. The highest BCUT2D eigenvalue weighted by Crippen LogP contribution is 2.42.